The average molecular weight is 256 g/mol. The summed E-state index contributed by atoms with van der Waals surface area (Å²) < 4.78 is 38.9. The van der Waals surface area contributed by atoms with Gasteiger partial charge in [-0.3, -0.25) is 4.98 Å². The maximum absolute atomic E-state index is 13.0. The van der Waals surface area contributed by atoms with Gasteiger partial charge in [-0.25, -0.2) is 0 Å². The molecule has 0 saturated carbocycles. The minimum Gasteiger partial charge on any atom is -0.375 e. The molecule has 0 saturated heterocycles. The summed E-state index contributed by atoms with van der Waals surface area (Å²) in [5, 5.41) is 10.7. The van der Waals surface area contributed by atoms with Gasteiger partial charge in [0, 0.05) is 29.9 Å². The Hall–Kier alpha value is -1.66. The highest BCUT2D eigenvalue weighted by Gasteiger charge is 2.54. The molecule has 3 N–H and O–H groups in total. The van der Waals surface area contributed by atoms with E-state index in [-0.39, 0.29) is 10.9 Å². The second kappa shape index (κ2) is 4.22. The predicted molar refractivity (Wildman–Crippen MR) is 60.7 cm³/mol. The van der Waals surface area contributed by atoms with Gasteiger partial charge in [-0.2, -0.15) is 13.2 Å². The molecule has 0 bridgehead atoms. The van der Waals surface area contributed by atoms with E-state index >= 15 is 0 Å². The minimum atomic E-state index is -4.83. The standard InChI is InChI=1S/C12H11F3N2O/c13-12(14,15)11(18,7-16)10-3-1-2-8-6-17-5-4-9(8)10/h1-6,18H,7,16H2. The van der Waals surface area contributed by atoms with Crippen molar-refractivity contribution in [3.63, 3.8) is 0 Å². The summed E-state index contributed by atoms with van der Waals surface area (Å²) in [6.07, 6.45) is -2.02. The van der Waals surface area contributed by atoms with Crippen molar-refractivity contribution in [3.05, 3.63) is 42.2 Å². The molecular formula is C12H11F3N2O. The fourth-order valence-corrected chi connectivity index (χ4v) is 1.86. The Bertz CT molecular complexity index is 565. The van der Waals surface area contributed by atoms with Crippen molar-refractivity contribution < 1.29 is 18.3 Å². The molecule has 1 aromatic carbocycles. The van der Waals surface area contributed by atoms with Crippen LogP contribution in [0.2, 0.25) is 0 Å². The third-order valence-electron chi connectivity index (χ3n) is 2.89. The molecule has 96 valence electrons. The lowest BCUT2D eigenvalue weighted by atomic mass is 9.89. The lowest BCUT2D eigenvalue weighted by molar-refractivity contribution is -0.261. The van der Waals surface area contributed by atoms with Gasteiger partial charge < -0.3 is 10.8 Å². The molecule has 6 heteroatoms. The number of hydrogen-bond donors (Lipinski definition) is 2. The number of nitrogens with zero attached hydrogens (tertiary/aromatic N) is 1. The van der Waals surface area contributed by atoms with Crippen LogP contribution in [-0.2, 0) is 5.60 Å². The first kappa shape index (κ1) is 12.8. The summed E-state index contributed by atoms with van der Waals surface area (Å²) in [5.41, 5.74) is 1.83. The van der Waals surface area contributed by atoms with Crippen LogP contribution in [0.5, 0.6) is 0 Å². The number of nitrogens with two attached hydrogens (primary N) is 1. The largest absolute Gasteiger partial charge is 0.422 e. The lowest BCUT2D eigenvalue weighted by Gasteiger charge is -2.30. The third kappa shape index (κ3) is 1.83. The van der Waals surface area contributed by atoms with Crippen molar-refractivity contribution in [2.45, 2.75) is 11.8 Å². The fourth-order valence-electron chi connectivity index (χ4n) is 1.86. The molecular weight excluding hydrogens is 245 g/mol. The van der Waals surface area contributed by atoms with E-state index in [4.69, 9.17) is 5.73 Å². The predicted octanol–water partition coefficient (Wildman–Crippen LogP) is 1.94. The van der Waals surface area contributed by atoms with Gasteiger partial charge in [0.15, 0.2) is 5.60 Å². The van der Waals surface area contributed by atoms with Crippen molar-refractivity contribution in [1.29, 1.82) is 0 Å². The molecule has 2 rings (SSSR count). The molecule has 0 fully saturated rings. The van der Waals surface area contributed by atoms with Gasteiger partial charge in [-0.15, -0.1) is 0 Å². The number of alkyl halides is 3. The molecule has 3 nitrogen and oxygen atoms in total. The van der Waals surface area contributed by atoms with Gasteiger partial charge in [-0.1, -0.05) is 18.2 Å². The lowest BCUT2D eigenvalue weighted by Crippen LogP contribution is -2.48. The Labute approximate surface area is 101 Å². The Kier molecular flexibility index (Phi) is 3.00. The van der Waals surface area contributed by atoms with Crippen molar-refractivity contribution in [2.75, 3.05) is 6.54 Å². The van der Waals surface area contributed by atoms with Crippen LogP contribution in [-0.4, -0.2) is 22.8 Å². The van der Waals surface area contributed by atoms with E-state index in [1.54, 1.807) is 6.07 Å². The molecule has 0 radical (unpaired) electrons. The number of aromatic nitrogens is 1. The first-order valence-electron chi connectivity index (χ1n) is 5.22. The van der Waals surface area contributed by atoms with Gasteiger partial charge in [0.05, 0.1) is 0 Å². The second-order valence-electron chi connectivity index (χ2n) is 3.96. The van der Waals surface area contributed by atoms with Gasteiger partial charge in [0.1, 0.15) is 0 Å². The van der Waals surface area contributed by atoms with Crippen LogP contribution in [0.1, 0.15) is 5.56 Å². The smallest absolute Gasteiger partial charge is 0.375 e. The number of rotatable bonds is 2. The topological polar surface area (TPSA) is 59.1 Å². The molecule has 0 aliphatic rings. The molecule has 2 aromatic rings. The highest BCUT2D eigenvalue weighted by Crippen LogP contribution is 2.40. The fraction of sp³-hybridized carbons (Fsp3) is 0.250. The van der Waals surface area contributed by atoms with Crippen LogP contribution in [0.15, 0.2) is 36.7 Å². The van der Waals surface area contributed by atoms with E-state index in [2.05, 4.69) is 4.98 Å². The summed E-state index contributed by atoms with van der Waals surface area (Å²) in [6, 6.07) is 5.71. The number of benzene rings is 1. The van der Waals surface area contributed by atoms with Crippen LogP contribution in [0.4, 0.5) is 13.2 Å². The molecule has 1 atom stereocenters. The Morgan fingerprint density at radius 2 is 1.94 bits per heavy atom. The van der Waals surface area contributed by atoms with E-state index in [0.29, 0.717) is 5.39 Å². The van der Waals surface area contributed by atoms with E-state index < -0.39 is 18.3 Å². The highest BCUT2D eigenvalue weighted by molar-refractivity contribution is 5.85. The quantitative estimate of drug-likeness (QED) is 0.863. The number of fused-ring (bicyclic) bond motifs is 1. The first-order chi connectivity index (χ1) is 8.40. The summed E-state index contributed by atoms with van der Waals surface area (Å²) in [6.45, 7) is -0.933. The Morgan fingerprint density at radius 1 is 1.22 bits per heavy atom. The summed E-state index contributed by atoms with van der Waals surface area (Å²) in [7, 11) is 0. The summed E-state index contributed by atoms with van der Waals surface area (Å²) in [4.78, 5) is 3.83. The van der Waals surface area contributed by atoms with Crippen LogP contribution >= 0.6 is 0 Å². The van der Waals surface area contributed by atoms with E-state index in [9.17, 15) is 18.3 Å². The van der Waals surface area contributed by atoms with Crippen LogP contribution in [0, 0.1) is 0 Å². The molecule has 0 aliphatic heterocycles. The van der Waals surface area contributed by atoms with Crippen molar-refractivity contribution in [3.8, 4) is 0 Å². The molecule has 1 aromatic heterocycles. The Morgan fingerprint density at radius 3 is 2.56 bits per heavy atom. The number of aliphatic hydroxyl groups is 1. The number of hydrogen-bond acceptors (Lipinski definition) is 3. The first-order valence-corrected chi connectivity index (χ1v) is 5.22. The van der Waals surface area contributed by atoms with Gasteiger partial charge in [0.2, 0.25) is 0 Å². The zero-order chi connectivity index (χ0) is 13.4. The maximum atomic E-state index is 13.0. The van der Waals surface area contributed by atoms with Crippen LogP contribution in [0.3, 0.4) is 0 Å². The average Bonchev–Trinajstić information content (AvgIpc) is 2.35. The van der Waals surface area contributed by atoms with Crippen LogP contribution < -0.4 is 5.73 Å². The van der Waals surface area contributed by atoms with Crippen molar-refractivity contribution >= 4 is 10.8 Å². The normalized spacial score (nSPS) is 15.6. The van der Waals surface area contributed by atoms with Gasteiger partial charge >= 0.3 is 6.18 Å². The van der Waals surface area contributed by atoms with Gasteiger partial charge in [-0.05, 0) is 11.5 Å². The van der Waals surface area contributed by atoms with E-state index in [0.717, 1.165) is 0 Å². The van der Waals surface area contributed by atoms with E-state index in [1.165, 1.54) is 30.6 Å². The molecule has 0 aliphatic carbocycles. The SMILES string of the molecule is NCC(O)(c1cccc2cnccc12)C(F)(F)F. The second-order valence-corrected chi connectivity index (χ2v) is 3.96. The Balaban J connectivity index is 2.74. The summed E-state index contributed by atoms with van der Waals surface area (Å²) in [5.74, 6) is 0. The molecule has 0 spiro atoms. The number of pyridine rings is 1. The van der Waals surface area contributed by atoms with Crippen molar-refractivity contribution in [1.82, 2.24) is 4.98 Å². The minimum absolute atomic E-state index is 0.252. The molecule has 18 heavy (non-hydrogen) atoms. The monoisotopic (exact) mass is 256 g/mol. The maximum Gasteiger partial charge on any atom is 0.422 e. The number of halogens is 3. The van der Waals surface area contributed by atoms with Crippen molar-refractivity contribution in [2.24, 2.45) is 5.73 Å². The van der Waals surface area contributed by atoms with E-state index in [1.807, 2.05) is 0 Å². The summed E-state index contributed by atoms with van der Waals surface area (Å²) >= 11 is 0. The highest BCUT2D eigenvalue weighted by atomic mass is 19.4. The van der Waals surface area contributed by atoms with Crippen LogP contribution in [0.25, 0.3) is 10.8 Å². The molecule has 1 unspecified atom stereocenters. The molecule has 0 amide bonds. The third-order valence-corrected chi connectivity index (χ3v) is 2.89. The van der Waals surface area contributed by atoms with Gasteiger partial charge in [0.25, 0.3) is 0 Å². The zero-order valence-electron chi connectivity index (χ0n) is 9.28. The molecule has 1 heterocycles. The zero-order valence-corrected chi connectivity index (χ0v) is 9.28.